The lowest BCUT2D eigenvalue weighted by Crippen LogP contribution is -2.18. The summed E-state index contributed by atoms with van der Waals surface area (Å²) in [5.74, 6) is -1.44. The summed E-state index contributed by atoms with van der Waals surface area (Å²) in [6.45, 7) is -0.0828. The standard InChI is InChI=1S/C11H18O7/c1-15-5-6-17-10(13)4-3-9(12)7-18-11(14)8-16-2/h3-8H2,1-2H3. The second-order valence-electron chi connectivity index (χ2n) is 3.35. The molecule has 0 radical (unpaired) electrons. The molecule has 0 spiro atoms. The number of hydrogen-bond donors (Lipinski definition) is 0. The first-order valence-electron chi connectivity index (χ1n) is 5.41. The molecular formula is C11H18O7. The number of carbonyl (C=O) groups excluding carboxylic acids is 3. The molecule has 0 amide bonds. The highest BCUT2D eigenvalue weighted by molar-refractivity contribution is 5.85. The van der Waals surface area contributed by atoms with E-state index in [0.29, 0.717) is 6.61 Å². The minimum absolute atomic E-state index is 0.0217. The SMILES string of the molecule is COCCOC(=O)CCC(=O)COC(=O)COC. The van der Waals surface area contributed by atoms with Crippen LogP contribution in [0, 0.1) is 0 Å². The Morgan fingerprint density at radius 3 is 2.11 bits per heavy atom. The molecule has 0 saturated heterocycles. The fraction of sp³-hybridized carbons (Fsp3) is 0.727. The number of Topliss-reactive ketones (excluding diaryl/α,β-unsaturated/α-hetero) is 1. The topological polar surface area (TPSA) is 88.1 Å². The molecule has 7 nitrogen and oxygen atoms in total. The second kappa shape index (κ2) is 10.7. The maximum atomic E-state index is 11.2. The van der Waals surface area contributed by atoms with Crippen LogP contribution in [0.2, 0.25) is 0 Å². The van der Waals surface area contributed by atoms with E-state index in [1.54, 1.807) is 0 Å². The molecule has 104 valence electrons. The highest BCUT2D eigenvalue weighted by Crippen LogP contribution is 1.96. The van der Waals surface area contributed by atoms with E-state index < -0.39 is 11.9 Å². The van der Waals surface area contributed by atoms with E-state index in [0.717, 1.165) is 0 Å². The number of hydrogen-bond acceptors (Lipinski definition) is 7. The minimum atomic E-state index is -0.617. The van der Waals surface area contributed by atoms with Crippen LogP contribution in [0.5, 0.6) is 0 Å². The van der Waals surface area contributed by atoms with Crippen molar-refractivity contribution < 1.29 is 33.3 Å². The van der Waals surface area contributed by atoms with Crippen LogP contribution < -0.4 is 0 Å². The highest BCUT2D eigenvalue weighted by atomic mass is 16.6. The molecule has 0 N–H and O–H groups in total. The molecule has 0 aliphatic rings. The predicted octanol–water partition coefficient (Wildman–Crippen LogP) is -0.285. The van der Waals surface area contributed by atoms with Gasteiger partial charge in [-0.05, 0) is 0 Å². The van der Waals surface area contributed by atoms with Crippen LogP contribution in [-0.2, 0) is 33.3 Å². The van der Waals surface area contributed by atoms with Crippen molar-refractivity contribution >= 4 is 17.7 Å². The maximum absolute atomic E-state index is 11.2. The number of ketones is 1. The average Bonchev–Trinajstić information content (AvgIpc) is 2.34. The number of esters is 2. The van der Waals surface area contributed by atoms with Gasteiger partial charge in [0.25, 0.3) is 0 Å². The van der Waals surface area contributed by atoms with Gasteiger partial charge in [-0.3, -0.25) is 9.59 Å². The van der Waals surface area contributed by atoms with Gasteiger partial charge in [-0.25, -0.2) is 4.79 Å². The van der Waals surface area contributed by atoms with Crippen LogP contribution in [0.15, 0.2) is 0 Å². The summed E-state index contributed by atoms with van der Waals surface area (Å²) in [4.78, 5) is 33.2. The van der Waals surface area contributed by atoms with E-state index in [9.17, 15) is 14.4 Å². The number of carbonyl (C=O) groups is 3. The fourth-order valence-electron chi connectivity index (χ4n) is 0.945. The van der Waals surface area contributed by atoms with Crippen LogP contribution >= 0.6 is 0 Å². The van der Waals surface area contributed by atoms with E-state index >= 15 is 0 Å². The van der Waals surface area contributed by atoms with Crippen LogP contribution in [0.25, 0.3) is 0 Å². The lowest BCUT2D eigenvalue weighted by molar-refractivity contribution is -0.152. The summed E-state index contributed by atoms with van der Waals surface area (Å²) in [5, 5.41) is 0. The van der Waals surface area contributed by atoms with Crippen LogP contribution in [0.4, 0.5) is 0 Å². The van der Waals surface area contributed by atoms with Crippen molar-refractivity contribution in [2.24, 2.45) is 0 Å². The third-order valence-corrected chi connectivity index (χ3v) is 1.81. The smallest absolute Gasteiger partial charge is 0.332 e. The summed E-state index contributed by atoms with van der Waals surface area (Å²) < 4.78 is 18.6. The Hall–Kier alpha value is -1.47. The molecule has 18 heavy (non-hydrogen) atoms. The second-order valence-corrected chi connectivity index (χ2v) is 3.35. The number of rotatable bonds is 10. The van der Waals surface area contributed by atoms with Crippen molar-refractivity contribution in [2.75, 3.05) is 40.6 Å². The molecule has 0 bridgehead atoms. The molecule has 0 aromatic carbocycles. The normalized spacial score (nSPS) is 9.89. The van der Waals surface area contributed by atoms with Gasteiger partial charge in [0, 0.05) is 20.6 Å². The first-order chi connectivity index (χ1) is 8.60. The Morgan fingerprint density at radius 2 is 1.50 bits per heavy atom. The van der Waals surface area contributed by atoms with E-state index in [2.05, 4.69) is 9.47 Å². The Morgan fingerprint density at radius 1 is 0.778 bits per heavy atom. The number of ether oxygens (including phenoxy) is 4. The fourth-order valence-corrected chi connectivity index (χ4v) is 0.945. The van der Waals surface area contributed by atoms with Crippen LogP contribution in [-0.4, -0.2) is 58.4 Å². The van der Waals surface area contributed by atoms with Crippen LogP contribution in [0.1, 0.15) is 12.8 Å². The van der Waals surface area contributed by atoms with Crippen molar-refractivity contribution in [1.82, 2.24) is 0 Å². The Kier molecular flexibility index (Phi) is 9.80. The van der Waals surface area contributed by atoms with Gasteiger partial charge in [0.1, 0.15) is 19.8 Å². The van der Waals surface area contributed by atoms with E-state index in [-0.39, 0.29) is 38.4 Å². The molecular weight excluding hydrogens is 244 g/mol. The van der Waals surface area contributed by atoms with E-state index in [4.69, 9.17) is 9.47 Å². The highest BCUT2D eigenvalue weighted by Gasteiger charge is 2.10. The zero-order valence-corrected chi connectivity index (χ0v) is 10.6. The molecule has 0 saturated carbocycles. The molecule has 0 rings (SSSR count). The Labute approximate surface area is 105 Å². The summed E-state index contributed by atoms with van der Waals surface area (Å²) >= 11 is 0. The van der Waals surface area contributed by atoms with Gasteiger partial charge in [0.15, 0.2) is 5.78 Å². The molecule has 0 aromatic rings. The van der Waals surface area contributed by atoms with Gasteiger partial charge >= 0.3 is 11.9 Å². The third kappa shape index (κ3) is 9.73. The van der Waals surface area contributed by atoms with Crippen molar-refractivity contribution in [1.29, 1.82) is 0 Å². The monoisotopic (exact) mass is 262 g/mol. The molecule has 0 aliphatic carbocycles. The zero-order valence-electron chi connectivity index (χ0n) is 10.6. The Balaban J connectivity index is 3.57. The van der Waals surface area contributed by atoms with Gasteiger partial charge in [-0.2, -0.15) is 0 Å². The predicted molar refractivity (Wildman–Crippen MR) is 59.9 cm³/mol. The third-order valence-electron chi connectivity index (χ3n) is 1.81. The first-order valence-corrected chi connectivity index (χ1v) is 5.41. The maximum Gasteiger partial charge on any atom is 0.332 e. The van der Waals surface area contributed by atoms with Gasteiger partial charge in [-0.15, -0.1) is 0 Å². The summed E-state index contributed by atoms with van der Waals surface area (Å²) in [5.41, 5.74) is 0. The largest absolute Gasteiger partial charge is 0.463 e. The molecule has 0 heterocycles. The molecule has 7 heteroatoms. The van der Waals surface area contributed by atoms with Gasteiger partial charge in [-0.1, -0.05) is 0 Å². The summed E-state index contributed by atoms with van der Waals surface area (Å²) in [7, 11) is 2.84. The lowest BCUT2D eigenvalue weighted by atomic mass is 10.2. The summed E-state index contributed by atoms with van der Waals surface area (Å²) in [6, 6.07) is 0. The summed E-state index contributed by atoms with van der Waals surface area (Å²) in [6.07, 6.45) is -0.0591. The molecule has 0 atom stereocenters. The van der Waals surface area contributed by atoms with Crippen LogP contribution in [0.3, 0.4) is 0 Å². The molecule has 0 aliphatic heterocycles. The molecule has 0 fully saturated rings. The van der Waals surface area contributed by atoms with Gasteiger partial charge in [0.05, 0.1) is 13.0 Å². The van der Waals surface area contributed by atoms with E-state index in [1.165, 1.54) is 14.2 Å². The van der Waals surface area contributed by atoms with Crippen molar-refractivity contribution in [2.45, 2.75) is 12.8 Å². The average molecular weight is 262 g/mol. The van der Waals surface area contributed by atoms with Crippen molar-refractivity contribution in [3.63, 3.8) is 0 Å². The lowest BCUT2D eigenvalue weighted by Gasteiger charge is -2.04. The first kappa shape index (κ1) is 16.5. The van der Waals surface area contributed by atoms with Gasteiger partial charge in [0.2, 0.25) is 0 Å². The van der Waals surface area contributed by atoms with Crippen molar-refractivity contribution in [3.8, 4) is 0 Å². The number of methoxy groups -OCH3 is 2. The Bertz CT molecular complexity index is 275. The molecule has 0 aromatic heterocycles. The van der Waals surface area contributed by atoms with Crippen molar-refractivity contribution in [3.05, 3.63) is 0 Å². The minimum Gasteiger partial charge on any atom is -0.463 e. The van der Waals surface area contributed by atoms with E-state index in [1.807, 2.05) is 0 Å². The zero-order chi connectivity index (χ0) is 13.8. The quantitative estimate of drug-likeness (QED) is 0.395. The van der Waals surface area contributed by atoms with Gasteiger partial charge < -0.3 is 18.9 Å². The molecule has 0 unspecified atom stereocenters.